The summed E-state index contributed by atoms with van der Waals surface area (Å²) in [5.41, 5.74) is 1.09. The van der Waals surface area contributed by atoms with E-state index in [0.29, 0.717) is 11.7 Å². The van der Waals surface area contributed by atoms with Gasteiger partial charge in [0.05, 0.1) is 6.10 Å². The van der Waals surface area contributed by atoms with E-state index in [2.05, 4.69) is 29.0 Å². The molecule has 0 radical (unpaired) electrons. The molecule has 0 amide bonds. The number of rotatable bonds is 6. The third-order valence-electron chi connectivity index (χ3n) is 4.26. The number of nitrogens with zero attached hydrogens (tertiary/aromatic N) is 2. The number of piperidine rings is 1. The van der Waals surface area contributed by atoms with E-state index >= 15 is 0 Å². The number of aliphatic hydroxyl groups is 1. The molecular formula is C16H26ClN3O. The molecule has 118 valence electrons. The van der Waals surface area contributed by atoms with Gasteiger partial charge in [-0.2, -0.15) is 0 Å². The molecule has 2 atom stereocenters. The van der Waals surface area contributed by atoms with E-state index in [-0.39, 0.29) is 12.1 Å². The molecule has 1 aliphatic rings. The number of halogens is 1. The summed E-state index contributed by atoms with van der Waals surface area (Å²) in [7, 11) is 0. The van der Waals surface area contributed by atoms with Gasteiger partial charge >= 0.3 is 0 Å². The molecule has 0 aliphatic carbocycles. The predicted octanol–water partition coefficient (Wildman–Crippen LogP) is 2.48. The van der Waals surface area contributed by atoms with Crippen molar-refractivity contribution >= 4 is 11.6 Å². The summed E-state index contributed by atoms with van der Waals surface area (Å²) in [5, 5.41) is 14.0. The van der Waals surface area contributed by atoms with E-state index in [1.807, 2.05) is 12.1 Å². The van der Waals surface area contributed by atoms with Gasteiger partial charge in [-0.25, -0.2) is 4.98 Å². The van der Waals surface area contributed by atoms with Gasteiger partial charge in [0.1, 0.15) is 5.15 Å². The predicted molar refractivity (Wildman–Crippen MR) is 86.5 cm³/mol. The summed E-state index contributed by atoms with van der Waals surface area (Å²) in [6.45, 7) is 7.93. The van der Waals surface area contributed by atoms with Gasteiger partial charge < -0.3 is 15.3 Å². The van der Waals surface area contributed by atoms with Crippen molar-refractivity contribution in [1.29, 1.82) is 0 Å². The zero-order valence-corrected chi connectivity index (χ0v) is 13.7. The number of β-amino-alcohol motifs (C(OH)–C–C–N with tert-alkyl or cyclic N) is 1. The minimum absolute atomic E-state index is 0.154. The fourth-order valence-electron chi connectivity index (χ4n) is 2.72. The molecule has 1 aliphatic heterocycles. The number of hydrogen-bond acceptors (Lipinski definition) is 4. The van der Waals surface area contributed by atoms with Crippen molar-refractivity contribution in [2.24, 2.45) is 5.92 Å². The summed E-state index contributed by atoms with van der Waals surface area (Å²) in [5.74, 6) is 0.827. The largest absolute Gasteiger partial charge is 0.390 e. The lowest BCUT2D eigenvalue weighted by atomic mass is 9.99. The van der Waals surface area contributed by atoms with E-state index in [9.17, 15) is 5.11 Å². The number of likely N-dealkylation sites (tertiary alicyclic amines) is 1. The number of hydrogen-bond donors (Lipinski definition) is 2. The molecule has 0 spiro atoms. The lowest BCUT2D eigenvalue weighted by Gasteiger charge is -2.32. The van der Waals surface area contributed by atoms with Gasteiger partial charge in [-0.05, 0) is 56.5 Å². The van der Waals surface area contributed by atoms with Gasteiger partial charge in [0, 0.05) is 25.3 Å². The summed E-state index contributed by atoms with van der Waals surface area (Å²) in [6.07, 6.45) is 3.86. The third kappa shape index (κ3) is 5.55. The Hall–Kier alpha value is -0.680. The van der Waals surface area contributed by atoms with Crippen molar-refractivity contribution in [2.75, 3.05) is 26.2 Å². The van der Waals surface area contributed by atoms with Crippen molar-refractivity contribution in [3.05, 3.63) is 29.0 Å². The average Bonchev–Trinajstić information content (AvgIpc) is 2.47. The summed E-state index contributed by atoms with van der Waals surface area (Å²) in [6, 6.07) is 3.96. The summed E-state index contributed by atoms with van der Waals surface area (Å²) >= 11 is 5.90. The number of aliphatic hydroxyl groups excluding tert-OH is 1. The zero-order valence-electron chi connectivity index (χ0n) is 12.9. The molecule has 1 aromatic rings. The van der Waals surface area contributed by atoms with Gasteiger partial charge in [-0.15, -0.1) is 0 Å². The smallest absolute Gasteiger partial charge is 0.129 e. The maximum absolute atomic E-state index is 10.2. The van der Waals surface area contributed by atoms with Crippen LogP contribution in [0, 0.1) is 5.92 Å². The van der Waals surface area contributed by atoms with Crippen LogP contribution >= 0.6 is 11.6 Å². The fraction of sp³-hybridized carbons (Fsp3) is 0.688. The number of pyridine rings is 1. The molecule has 0 aromatic carbocycles. The molecule has 0 saturated carbocycles. The SMILES string of the molecule is CC1CCN(CC(O)CNC(C)c2ccnc(Cl)c2)CC1. The molecule has 2 rings (SSSR count). The van der Waals surface area contributed by atoms with Crippen LogP contribution in [0.1, 0.15) is 38.3 Å². The van der Waals surface area contributed by atoms with Crippen molar-refractivity contribution in [2.45, 2.75) is 38.8 Å². The second kappa shape index (κ2) is 8.08. The van der Waals surface area contributed by atoms with Crippen LogP contribution in [-0.2, 0) is 0 Å². The Bertz CT molecular complexity index is 435. The lowest BCUT2D eigenvalue weighted by molar-refractivity contribution is 0.0892. The van der Waals surface area contributed by atoms with Crippen molar-refractivity contribution < 1.29 is 5.11 Å². The molecule has 0 bridgehead atoms. The Morgan fingerprint density at radius 3 is 2.86 bits per heavy atom. The van der Waals surface area contributed by atoms with Crippen LogP contribution in [0.25, 0.3) is 0 Å². The molecule has 1 aromatic heterocycles. The third-order valence-corrected chi connectivity index (χ3v) is 4.46. The van der Waals surface area contributed by atoms with Gasteiger partial charge in [0.25, 0.3) is 0 Å². The van der Waals surface area contributed by atoms with Crippen LogP contribution < -0.4 is 5.32 Å². The fourth-order valence-corrected chi connectivity index (χ4v) is 2.91. The van der Waals surface area contributed by atoms with Crippen molar-refractivity contribution in [3.8, 4) is 0 Å². The van der Waals surface area contributed by atoms with E-state index < -0.39 is 0 Å². The molecule has 5 heteroatoms. The van der Waals surface area contributed by atoms with Crippen molar-refractivity contribution in [1.82, 2.24) is 15.2 Å². The molecule has 2 N–H and O–H groups in total. The first kappa shape index (κ1) is 16.7. The highest BCUT2D eigenvalue weighted by Crippen LogP contribution is 2.17. The molecule has 2 unspecified atom stereocenters. The summed E-state index contributed by atoms with van der Waals surface area (Å²) < 4.78 is 0. The average molecular weight is 312 g/mol. The van der Waals surface area contributed by atoms with Crippen LogP contribution in [-0.4, -0.2) is 47.3 Å². The molecule has 1 fully saturated rings. The highest BCUT2D eigenvalue weighted by molar-refractivity contribution is 6.29. The first-order chi connectivity index (χ1) is 10.0. The number of aromatic nitrogens is 1. The normalized spacial score (nSPS) is 20.4. The number of nitrogens with one attached hydrogen (secondary N) is 1. The Morgan fingerprint density at radius 2 is 2.19 bits per heavy atom. The van der Waals surface area contributed by atoms with Crippen LogP contribution in [0.4, 0.5) is 0 Å². The van der Waals surface area contributed by atoms with E-state index in [0.717, 1.165) is 31.1 Å². The van der Waals surface area contributed by atoms with Gasteiger partial charge in [-0.3, -0.25) is 0 Å². The minimum Gasteiger partial charge on any atom is -0.390 e. The highest BCUT2D eigenvalue weighted by Gasteiger charge is 2.18. The Balaban J connectivity index is 1.72. The van der Waals surface area contributed by atoms with Crippen LogP contribution in [0.3, 0.4) is 0 Å². The second-order valence-corrected chi connectivity index (χ2v) is 6.57. The topological polar surface area (TPSA) is 48.4 Å². The van der Waals surface area contributed by atoms with Crippen LogP contribution in [0.2, 0.25) is 5.15 Å². The van der Waals surface area contributed by atoms with Crippen molar-refractivity contribution in [3.63, 3.8) is 0 Å². The van der Waals surface area contributed by atoms with E-state index in [1.165, 1.54) is 12.8 Å². The van der Waals surface area contributed by atoms with Gasteiger partial charge in [-0.1, -0.05) is 18.5 Å². The first-order valence-electron chi connectivity index (χ1n) is 7.80. The van der Waals surface area contributed by atoms with Gasteiger partial charge in [0.15, 0.2) is 0 Å². The molecule has 2 heterocycles. The van der Waals surface area contributed by atoms with Crippen LogP contribution in [0.15, 0.2) is 18.3 Å². The van der Waals surface area contributed by atoms with Crippen LogP contribution in [0.5, 0.6) is 0 Å². The monoisotopic (exact) mass is 311 g/mol. The van der Waals surface area contributed by atoms with E-state index in [1.54, 1.807) is 6.20 Å². The van der Waals surface area contributed by atoms with E-state index in [4.69, 9.17) is 11.6 Å². The standard InChI is InChI=1S/C16H26ClN3O/c1-12-4-7-20(8-5-12)11-15(21)10-19-13(2)14-3-6-18-16(17)9-14/h3,6,9,12-13,15,19,21H,4-5,7-8,10-11H2,1-2H3. The zero-order chi connectivity index (χ0) is 15.2. The maximum Gasteiger partial charge on any atom is 0.129 e. The van der Waals surface area contributed by atoms with Gasteiger partial charge in [0.2, 0.25) is 0 Å². The molecule has 4 nitrogen and oxygen atoms in total. The Labute approximate surface area is 132 Å². The first-order valence-corrected chi connectivity index (χ1v) is 8.17. The minimum atomic E-state index is -0.335. The molecular weight excluding hydrogens is 286 g/mol. The quantitative estimate of drug-likeness (QED) is 0.793. The molecule has 21 heavy (non-hydrogen) atoms. The summed E-state index contributed by atoms with van der Waals surface area (Å²) in [4.78, 5) is 6.34. The molecule has 1 saturated heterocycles. The highest BCUT2D eigenvalue weighted by atomic mass is 35.5. The Morgan fingerprint density at radius 1 is 1.48 bits per heavy atom. The second-order valence-electron chi connectivity index (χ2n) is 6.18. The Kier molecular flexibility index (Phi) is 6.42. The lowest BCUT2D eigenvalue weighted by Crippen LogP contribution is -2.42. The maximum atomic E-state index is 10.2.